The highest BCUT2D eigenvalue weighted by Gasteiger charge is 2.76. The molecule has 3 aromatic carbocycles. The minimum absolute atomic E-state index is 0.0291. The molecular weight excluding hydrogens is 1080 g/mol. The lowest BCUT2D eigenvalue weighted by molar-refractivity contribution is -0.204. The Labute approximate surface area is 467 Å². The van der Waals surface area contributed by atoms with E-state index >= 15 is 0 Å². The number of aromatic amines is 2. The molecule has 4 heterocycles. The maximum atomic E-state index is 14.7. The number of H-pyrrole nitrogens is 2. The number of thiocarbonyl (C=S) groups is 1. The van der Waals surface area contributed by atoms with E-state index in [0.29, 0.717) is 73.5 Å². The van der Waals surface area contributed by atoms with Gasteiger partial charge < -0.3 is 74.6 Å². The van der Waals surface area contributed by atoms with Gasteiger partial charge >= 0.3 is 14.7 Å². The number of benzene rings is 3. The number of carbonyl (C=O) groups is 7. The number of alkyl halides is 1. The quantitative estimate of drug-likeness (QED) is 0.0289. The Morgan fingerprint density at radius 1 is 0.848 bits per heavy atom. The van der Waals surface area contributed by atoms with Crippen molar-refractivity contribution in [2.75, 3.05) is 74.4 Å². The summed E-state index contributed by atoms with van der Waals surface area (Å²) in [4.78, 5) is 124. The van der Waals surface area contributed by atoms with Crippen LogP contribution in [0.1, 0.15) is 73.8 Å². The van der Waals surface area contributed by atoms with Crippen LogP contribution in [0.3, 0.4) is 0 Å². The Morgan fingerprint density at radius 3 is 2.09 bits per heavy atom. The lowest BCUT2D eigenvalue weighted by Gasteiger charge is -2.69. The fourth-order valence-corrected chi connectivity index (χ4v) is 12.2. The zero-order chi connectivity index (χ0) is 56.8. The number of nitrogens with one attached hydrogen (secondary N) is 6. The predicted octanol–water partition coefficient (Wildman–Crippen LogP) is 5.48. The summed E-state index contributed by atoms with van der Waals surface area (Å²) in [6.07, 6.45) is 5.01. The van der Waals surface area contributed by atoms with Gasteiger partial charge in [0.2, 0.25) is 35.4 Å². The molecule has 2 bridgehead atoms. The number of aromatic nitrogens is 2. The van der Waals surface area contributed by atoms with Gasteiger partial charge in [-0.05, 0) is 97.6 Å². The Kier molecular flexibility index (Phi) is 16.2. The number of anilines is 3. The molecule has 2 atom stereocenters. The molecule has 0 spiro atoms. The summed E-state index contributed by atoms with van der Waals surface area (Å²) < 4.78 is 17.4. The van der Waals surface area contributed by atoms with E-state index in [0.717, 1.165) is 44.2 Å². The molecule has 2 unspecified atom stereocenters. The number of fused-ring (bicyclic) bond motifs is 6. The van der Waals surface area contributed by atoms with Crippen LogP contribution in [0.15, 0.2) is 48.8 Å². The van der Waals surface area contributed by atoms with Crippen molar-refractivity contribution in [3.8, 4) is 11.5 Å². The van der Waals surface area contributed by atoms with Crippen LogP contribution in [0, 0.1) is 30.6 Å². The van der Waals surface area contributed by atoms with E-state index < -0.39 is 49.3 Å². The molecule has 3 fully saturated rings. The SMILES string of the molecule is CC(=O)NCC(=O)NC(C(=O)NCC(=O)Nc1ccc(COC(=O)N(C)CCN(C)C(=S)Oc2cc3c(c4c(C)c[nH]c24)CCN3C(=O)C23CC(C(=O)N4CC(CCl)c5c4cc(OP(O)O)c4[nH]cc(C)c54)(C2)C3)cc1)C(C)C. The lowest BCUT2D eigenvalue weighted by atomic mass is 9.34. The van der Waals surface area contributed by atoms with E-state index in [-0.39, 0.29) is 72.6 Å². The average molecular weight is 1140 g/mol. The van der Waals surface area contributed by atoms with Crippen molar-refractivity contribution in [1.82, 2.24) is 35.7 Å². The van der Waals surface area contributed by atoms with Gasteiger partial charge in [-0.25, -0.2) is 4.79 Å². The van der Waals surface area contributed by atoms with Gasteiger partial charge in [0, 0.05) is 100.0 Å². The van der Waals surface area contributed by atoms with Crippen molar-refractivity contribution in [3.63, 3.8) is 0 Å². The van der Waals surface area contributed by atoms with E-state index in [1.807, 2.05) is 37.2 Å². The summed E-state index contributed by atoms with van der Waals surface area (Å²) in [5, 5.41) is 12.1. The number of likely N-dealkylation sites (N-methyl/N-ethyl adjacent to an activating group) is 2. The zero-order valence-corrected chi connectivity index (χ0v) is 47.3. The molecular formula is C54H64ClN10O12PS. The number of aryl methyl sites for hydroxylation is 2. The summed E-state index contributed by atoms with van der Waals surface area (Å²) in [5.41, 5.74) is 6.26. The molecule has 10 rings (SSSR count). The summed E-state index contributed by atoms with van der Waals surface area (Å²) >= 11 is 12.3. The largest absolute Gasteiger partial charge is 0.445 e. The van der Waals surface area contributed by atoms with Gasteiger partial charge in [-0.3, -0.25) is 28.8 Å². The van der Waals surface area contributed by atoms with Crippen molar-refractivity contribution in [2.45, 2.75) is 78.9 Å². The van der Waals surface area contributed by atoms with E-state index in [4.69, 9.17) is 37.8 Å². The molecule has 7 amide bonds. The van der Waals surface area contributed by atoms with Crippen LogP contribution >= 0.6 is 32.4 Å². The highest BCUT2D eigenvalue weighted by Crippen LogP contribution is 2.75. The standard InChI is InChI=1S/C54H64ClN10O12PS/c1-28(2)45(61-41(68)21-56-31(5)66)48(69)59-22-40(67)60-34-10-8-32(9-11-34)24-75-51(72)62(6)14-15-63(7)52(79)76-38-16-36-35(42-29(3)19-57-46(38)42)12-13-64(36)49(70)53-25-54(26-53,27-53)50(71)65-23-33(18-55)44-37(65)17-39(77-78(73)74)47-43(44)30(4)20-58-47/h8-11,16-17,19-20,28,33,45,57-58,73-74H,12-15,18,21-27H2,1-7H3,(H,56,66)(H,59,69)(H,60,67)(H,61,68). The summed E-state index contributed by atoms with van der Waals surface area (Å²) in [5.74, 6) is -1.57. The molecule has 0 saturated heterocycles. The topological polar surface area (TPSA) is 280 Å². The molecule has 2 aromatic heterocycles. The first-order valence-corrected chi connectivity index (χ1v) is 28.0. The molecule has 25 heteroatoms. The first kappa shape index (κ1) is 56.7. The van der Waals surface area contributed by atoms with Crippen LogP contribution in [0.5, 0.6) is 11.5 Å². The molecule has 0 radical (unpaired) electrons. The number of ether oxygens (including phenoxy) is 2. The first-order valence-electron chi connectivity index (χ1n) is 25.9. The normalized spacial score (nSPS) is 19.0. The number of hydrogen-bond donors (Lipinski definition) is 8. The summed E-state index contributed by atoms with van der Waals surface area (Å²) in [6.45, 7) is 9.36. The Hall–Kier alpha value is -7.04. The van der Waals surface area contributed by atoms with Gasteiger partial charge in [-0.1, -0.05) is 26.0 Å². The smallest absolute Gasteiger partial charge is 0.409 e. The third kappa shape index (κ3) is 11.2. The van der Waals surface area contributed by atoms with Crippen LogP contribution in [-0.2, 0) is 46.5 Å². The molecule has 2 aliphatic heterocycles. The first-order chi connectivity index (χ1) is 37.5. The maximum absolute atomic E-state index is 14.7. The second-order valence-corrected chi connectivity index (χ2v) is 22.8. The van der Waals surface area contributed by atoms with Gasteiger partial charge in [-0.15, -0.1) is 11.6 Å². The Balaban J connectivity index is 0.760. The fourth-order valence-electron chi connectivity index (χ4n) is 11.5. The third-order valence-corrected chi connectivity index (χ3v) is 16.6. The van der Waals surface area contributed by atoms with Crippen molar-refractivity contribution in [2.24, 2.45) is 16.7 Å². The van der Waals surface area contributed by atoms with Gasteiger partial charge in [0.15, 0.2) is 11.5 Å². The highest BCUT2D eigenvalue weighted by molar-refractivity contribution is 7.80. The highest BCUT2D eigenvalue weighted by atomic mass is 35.5. The Bertz CT molecular complexity index is 3270. The molecule has 79 heavy (non-hydrogen) atoms. The maximum Gasteiger partial charge on any atom is 0.409 e. The van der Waals surface area contributed by atoms with Crippen LogP contribution in [-0.4, -0.2) is 142 Å². The van der Waals surface area contributed by atoms with Crippen molar-refractivity contribution in [1.29, 1.82) is 0 Å². The molecule has 5 aliphatic rings. The molecule has 420 valence electrons. The number of nitrogens with zero attached hydrogens (tertiary/aromatic N) is 4. The second kappa shape index (κ2) is 22.6. The van der Waals surface area contributed by atoms with Gasteiger partial charge in [0.1, 0.15) is 12.6 Å². The summed E-state index contributed by atoms with van der Waals surface area (Å²) in [7, 11) is 0.630. The fraction of sp³-hybridized carbons (Fsp3) is 0.444. The molecule has 5 aromatic rings. The molecule has 8 N–H and O–H groups in total. The van der Waals surface area contributed by atoms with E-state index in [1.165, 1.54) is 11.8 Å². The third-order valence-electron chi connectivity index (χ3n) is 15.5. The lowest BCUT2D eigenvalue weighted by Crippen LogP contribution is -2.72. The number of amides is 7. The van der Waals surface area contributed by atoms with Crippen LogP contribution < -0.4 is 40.3 Å². The zero-order valence-electron chi connectivity index (χ0n) is 44.8. The number of halogens is 1. The predicted molar refractivity (Wildman–Crippen MR) is 301 cm³/mol. The summed E-state index contributed by atoms with van der Waals surface area (Å²) in [6, 6.07) is 9.25. The van der Waals surface area contributed by atoms with E-state index in [2.05, 4.69) is 31.2 Å². The number of carbonyl (C=O) groups excluding carboxylic acids is 7. The average Bonchev–Trinajstić information content (AvgIpc) is 3.39. The minimum Gasteiger partial charge on any atom is -0.445 e. The van der Waals surface area contributed by atoms with Crippen molar-refractivity contribution < 1.29 is 57.3 Å². The Morgan fingerprint density at radius 2 is 1.46 bits per heavy atom. The molecule has 3 aliphatic carbocycles. The molecule has 22 nitrogen and oxygen atoms in total. The van der Waals surface area contributed by atoms with Gasteiger partial charge in [0.05, 0.1) is 46.3 Å². The van der Waals surface area contributed by atoms with Crippen LogP contribution in [0.4, 0.5) is 21.9 Å². The van der Waals surface area contributed by atoms with Crippen LogP contribution in [0.2, 0.25) is 0 Å². The number of hydrogen-bond acceptors (Lipinski definition) is 13. The number of rotatable bonds is 19. The second-order valence-electron chi connectivity index (χ2n) is 21.5. The monoisotopic (exact) mass is 1140 g/mol. The van der Waals surface area contributed by atoms with E-state index in [9.17, 15) is 43.3 Å². The van der Waals surface area contributed by atoms with Gasteiger partial charge in [-0.2, -0.15) is 0 Å². The van der Waals surface area contributed by atoms with Crippen LogP contribution in [0.25, 0.3) is 21.8 Å². The molecule has 3 saturated carbocycles. The van der Waals surface area contributed by atoms with Gasteiger partial charge in [0.25, 0.3) is 5.17 Å². The van der Waals surface area contributed by atoms with E-state index in [1.54, 1.807) is 68.1 Å². The minimum atomic E-state index is -2.72. The van der Waals surface area contributed by atoms with Crippen molar-refractivity contribution in [3.05, 3.63) is 76.6 Å². The van der Waals surface area contributed by atoms with Crippen molar-refractivity contribution >= 4 is 118 Å².